The van der Waals surface area contributed by atoms with Crippen LogP contribution in [0.2, 0.25) is 0 Å². The number of ether oxygens (including phenoxy) is 1. The maximum absolute atomic E-state index is 10.7. The van der Waals surface area contributed by atoms with Crippen LogP contribution in [0.5, 0.6) is 5.75 Å². The van der Waals surface area contributed by atoms with Crippen LogP contribution in [0, 0.1) is 0 Å². The van der Waals surface area contributed by atoms with Crippen LogP contribution in [0.1, 0.15) is 12.2 Å². The van der Waals surface area contributed by atoms with E-state index in [2.05, 4.69) is 15.3 Å². The van der Waals surface area contributed by atoms with Gasteiger partial charge in [-0.25, -0.2) is 4.98 Å². The number of anilines is 1. The SMILES string of the molecule is NC(=O)CCOc1ccccc1NCc1ncc[nH]1. The molecule has 0 saturated heterocycles. The molecule has 0 spiro atoms. The van der Waals surface area contributed by atoms with Crippen molar-refractivity contribution in [1.29, 1.82) is 0 Å². The number of rotatable bonds is 7. The smallest absolute Gasteiger partial charge is 0.220 e. The Morgan fingerprint density at radius 2 is 2.26 bits per heavy atom. The second kappa shape index (κ2) is 6.44. The molecule has 4 N–H and O–H groups in total. The van der Waals surface area contributed by atoms with E-state index < -0.39 is 0 Å². The minimum atomic E-state index is -0.374. The van der Waals surface area contributed by atoms with Gasteiger partial charge in [-0.3, -0.25) is 4.79 Å². The molecule has 0 bridgehead atoms. The normalized spacial score (nSPS) is 10.1. The molecule has 0 fully saturated rings. The fourth-order valence-corrected chi connectivity index (χ4v) is 1.57. The average molecular weight is 260 g/mol. The summed E-state index contributed by atoms with van der Waals surface area (Å²) in [5.74, 6) is 1.16. The van der Waals surface area contributed by atoms with Gasteiger partial charge >= 0.3 is 0 Å². The van der Waals surface area contributed by atoms with Gasteiger partial charge in [0.25, 0.3) is 0 Å². The molecule has 1 amide bonds. The lowest BCUT2D eigenvalue weighted by atomic mass is 10.3. The predicted octanol–water partition coefficient (Wildman–Crippen LogP) is 1.28. The van der Waals surface area contributed by atoms with Gasteiger partial charge in [-0.15, -0.1) is 0 Å². The summed E-state index contributed by atoms with van der Waals surface area (Å²) in [5.41, 5.74) is 5.92. The molecule has 1 aromatic heterocycles. The molecule has 1 heterocycles. The molecule has 19 heavy (non-hydrogen) atoms. The van der Waals surface area contributed by atoms with Crippen molar-refractivity contribution in [3.8, 4) is 5.75 Å². The standard InChI is InChI=1S/C13H16N4O2/c14-12(18)5-8-19-11-4-2-1-3-10(11)17-9-13-15-6-7-16-13/h1-4,6-7,17H,5,8-9H2,(H2,14,18)(H,15,16). The van der Waals surface area contributed by atoms with E-state index in [0.717, 1.165) is 11.5 Å². The zero-order valence-electron chi connectivity index (χ0n) is 10.4. The first-order valence-corrected chi connectivity index (χ1v) is 5.98. The number of H-pyrrole nitrogens is 1. The summed E-state index contributed by atoms with van der Waals surface area (Å²) < 4.78 is 5.52. The molecule has 0 unspecified atom stereocenters. The van der Waals surface area contributed by atoms with E-state index in [-0.39, 0.29) is 18.9 Å². The molecule has 2 aromatic rings. The topological polar surface area (TPSA) is 93.0 Å². The van der Waals surface area contributed by atoms with Crippen molar-refractivity contribution in [2.75, 3.05) is 11.9 Å². The lowest BCUT2D eigenvalue weighted by Gasteiger charge is -2.12. The Morgan fingerprint density at radius 1 is 1.42 bits per heavy atom. The minimum absolute atomic E-state index is 0.201. The highest BCUT2D eigenvalue weighted by Gasteiger charge is 2.04. The van der Waals surface area contributed by atoms with Crippen LogP contribution in [0.25, 0.3) is 0 Å². The largest absolute Gasteiger partial charge is 0.491 e. The lowest BCUT2D eigenvalue weighted by Crippen LogP contribution is -2.15. The Balaban J connectivity index is 1.93. The number of imidazole rings is 1. The number of aromatic amines is 1. The molecule has 100 valence electrons. The van der Waals surface area contributed by atoms with Crippen LogP contribution < -0.4 is 15.8 Å². The second-order valence-electron chi connectivity index (χ2n) is 3.95. The van der Waals surface area contributed by atoms with Crippen LogP contribution in [-0.4, -0.2) is 22.5 Å². The van der Waals surface area contributed by atoms with Crippen molar-refractivity contribution >= 4 is 11.6 Å². The first-order valence-electron chi connectivity index (χ1n) is 5.98. The molecule has 2 rings (SSSR count). The molecule has 0 saturated carbocycles. The lowest BCUT2D eigenvalue weighted by molar-refractivity contribution is -0.118. The van der Waals surface area contributed by atoms with E-state index in [1.54, 1.807) is 12.4 Å². The average Bonchev–Trinajstić information content (AvgIpc) is 2.90. The van der Waals surface area contributed by atoms with E-state index in [9.17, 15) is 4.79 Å². The minimum Gasteiger partial charge on any atom is -0.491 e. The van der Waals surface area contributed by atoms with Crippen molar-refractivity contribution in [3.63, 3.8) is 0 Å². The highest BCUT2D eigenvalue weighted by atomic mass is 16.5. The number of amides is 1. The van der Waals surface area contributed by atoms with Gasteiger partial charge in [0, 0.05) is 12.4 Å². The number of hydrogen-bond donors (Lipinski definition) is 3. The number of para-hydroxylation sites is 2. The van der Waals surface area contributed by atoms with E-state index >= 15 is 0 Å². The first kappa shape index (κ1) is 12.9. The summed E-state index contributed by atoms with van der Waals surface area (Å²) >= 11 is 0. The molecule has 0 radical (unpaired) electrons. The summed E-state index contributed by atoms with van der Waals surface area (Å²) in [6, 6.07) is 7.52. The Kier molecular flexibility index (Phi) is 4.39. The van der Waals surface area contributed by atoms with Crippen LogP contribution in [0.3, 0.4) is 0 Å². The maximum atomic E-state index is 10.7. The molecule has 0 atom stereocenters. The number of nitrogens with zero attached hydrogens (tertiary/aromatic N) is 1. The van der Waals surface area contributed by atoms with E-state index in [4.69, 9.17) is 10.5 Å². The van der Waals surface area contributed by atoms with E-state index in [0.29, 0.717) is 12.3 Å². The Morgan fingerprint density at radius 3 is 3.00 bits per heavy atom. The Hall–Kier alpha value is -2.50. The van der Waals surface area contributed by atoms with Crippen LogP contribution >= 0.6 is 0 Å². The summed E-state index contributed by atoms with van der Waals surface area (Å²) in [6.07, 6.45) is 3.67. The number of nitrogens with two attached hydrogens (primary N) is 1. The molecule has 0 aliphatic heterocycles. The van der Waals surface area contributed by atoms with Crippen LogP contribution in [0.15, 0.2) is 36.7 Å². The third-order valence-corrected chi connectivity index (χ3v) is 2.49. The van der Waals surface area contributed by atoms with Crippen molar-refractivity contribution in [2.45, 2.75) is 13.0 Å². The maximum Gasteiger partial charge on any atom is 0.220 e. The van der Waals surface area contributed by atoms with E-state index in [1.165, 1.54) is 0 Å². The van der Waals surface area contributed by atoms with Gasteiger partial charge in [0.2, 0.25) is 5.91 Å². The quantitative estimate of drug-likeness (QED) is 0.699. The molecule has 0 aliphatic carbocycles. The van der Waals surface area contributed by atoms with Gasteiger partial charge in [0.05, 0.1) is 25.3 Å². The number of aromatic nitrogens is 2. The number of carbonyl (C=O) groups is 1. The monoisotopic (exact) mass is 260 g/mol. The number of primary amides is 1. The molecule has 6 nitrogen and oxygen atoms in total. The zero-order chi connectivity index (χ0) is 13.5. The fraction of sp³-hybridized carbons (Fsp3) is 0.231. The van der Waals surface area contributed by atoms with Crippen molar-refractivity contribution in [3.05, 3.63) is 42.5 Å². The van der Waals surface area contributed by atoms with Gasteiger partial charge in [0.1, 0.15) is 11.6 Å². The summed E-state index contributed by atoms with van der Waals surface area (Å²) in [5, 5.41) is 3.22. The molecular weight excluding hydrogens is 244 g/mol. The van der Waals surface area contributed by atoms with Crippen molar-refractivity contribution in [1.82, 2.24) is 9.97 Å². The Labute approximate surface area is 111 Å². The third kappa shape index (κ3) is 4.02. The van der Waals surface area contributed by atoms with Crippen LogP contribution in [-0.2, 0) is 11.3 Å². The molecule has 6 heteroatoms. The molecular formula is C13H16N4O2. The summed E-state index contributed by atoms with van der Waals surface area (Å²) in [7, 11) is 0. The summed E-state index contributed by atoms with van der Waals surface area (Å²) in [6.45, 7) is 0.845. The van der Waals surface area contributed by atoms with Gasteiger partial charge in [-0.05, 0) is 12.1 Å². The zero-order valence-corrected chi connectivity index (χ0v) is 10.4. The number of benzene rings is 1. The second-order valence-corrected chi connectivity index (χ2v) is 3.95. The van der Waals surface area contributed by atoms with Gasteiger partial charge < -0.3 is 20.8 Å². The van der Waals surface area contributed by atoms with Gasteiger partial charge in [-0.2, -0.15) is 0 Å². The number of hydrogen-bond acceptors (Lipinski definition) is 4. The molecule has 0 aliphatic rings. The van der Waals surface area contributed by atoms with Gasteiger partial charge in [-0.1, -0.05) is 12.1 Å². The van der Waals surface area contributed by atoms with Gasteiger partial charge in [0.15, 0.2) is 0 Å². The number of carbonyl (C=O) groups excluding carboxylic acids is 1. The first-order chi connectivity index (χ1) is 9.25. The van der Waals surface area contributed by atoms with Crippen LogP contribution in [0.4, 0.5) is 5.69 Å². The van der Waals surface area contributed by atoms with Crippen molar-refractivity contribution in [2.24, 2.45) is 5.73 Å². The fourth-order valence-electron chi connectivity index (χ4n) is 1.57. The van der Waals surface area contributed by atoms with E-state index in [1.807, 2.05) is 24.3 Å². The summed E-state index contributed by atoms with van der Waals surface area (Å²) in [4.78, 5) is 17.8. The number of nitrogens with one attached hydrogen (secondary N) is 2. The predicted molar refractivity (Wildman–Crippen MR) is 71.7 cm³/mol. The third-order valence-electron chi connectivity index (χ3n) is 2.49. The Bertz CT molecular complexity index is 525. The highest BCUT2D eigenvalue weighted by molar-refractivity contribution is 5.73. The molecule has 1 aromatic carbocycles. The van der Waals surface area contributed by atoms with Crippen molar-refractivity contribution < 1.29 is 9.53 Å². The highest BCUT2D eigenvalue weighted by Crippen LogP contribution is 2.24.